The van der Waals surface area contributed by atoms with Gasteiger partial charge in [0, 0.05) is 19.1 Å². The van der Waals surface area contributed by atoms with Gasteiger partial charge in [-0.3, -0.25) is 0 Å². The number of urea groups is 1. The molecule has 1 aromatic carbocycles. The molecular formula is C15H20F3N3O. The second kappa shape index (κ2) is 7.49. The van der Waals surface area contributed by atoms with E-state index in [2.05, 4.69) is 16.0 Å². The van der Waals surface area contributed by atoms with Crippen LogP contribution in [0.2, 0.25) is 0 Å². The van der Waals surface area contributed by atoms with Gasteiger partial charge in [-0.15, -0.1) is 0 Å². The fraction of sp³-hybridized carbons (Fsp3) is 0.533. The molecule has 0 aromatic heterocycles. The van der Waals surface area contributed by atoms with Gasteiger partial charge in [0.15, 0.2) is 0 Å². The molecule has 2 rings (SSSR count). The molecule has 1 heterocycles. The zero-order valence-corrected chi connectivity index (χ0v) is 12.2. The van der Waals surface area contributed by atoms with E-state index in [1.165, 1.54) is 12.1 Å². The van der Waals surface area contributed by atoms with Gasteiger partial charge in [0.25, 0.3) is 0 Å². The van der Waals surface area contributed by atoms with E-state index < -0.39 is 11.7 Å². The molecule has 0 radical (unpaired) electrons. The molecule has 1 aromatic rings. The number of halogens is 3. The first-order valence-electron chi connectivity index (χ1n) is 7.36. The van der Waals surface area contributed by atoms with E-state index in [4.69, 9.17) is 0 Å². The van der Waals surface area contributed by atoms with Gasteiger partial charge in [0.05, 0.1) is 5.56 Å². The largest absolute Gasteiger partial charge is 0.416 e. The molecule has 7 heteroatoms. The SMILES string of the molecule is O=C(NCc1ccc(C(F)(F)F)cc1)NC1CCCCNC1. The first-order valence-corrected chi connectivity index (χ1v) is 7.36. The number of hydrogen-bond donors (Lipinski definition) is 3. The van der Waals surface area contributed by atoms with Crippen molar-refractivity contribution >= 4 is 6.03 Å². The van der Waals surface area contributed by atoms with E-state index in [1.807, 2.05) is 0 Å². The lowest BCUT2D eigenvalue weighted by Crippen LogP contribution is -2.45. The molecule has 1 atom stereocenters. The fourth-order valence-electron chi connectivity index (χ4n) is 2.37. The summed E-state index contributed by atoms with van der Waals surface area (Å²) in [6.07, 6.45) is -1.24. The predicted molar refractivity (Wildman–Crippen MR) is 77.3 cm³/mol. The van der Waals surface area contributed by atoms with Crippen LogP contribution in [0.1, 0.15) is 30.4 Å². The van der Waals surface area contributed by atoms with Crippen LogP contribution in [0.15, 0.2) is 24.3 Å². The zero-order chi connectivity index (χ0) is 16.0. The second-order valence-corrected chi connectivity index (χ2v) is 5.42. The number of nitrogens with one attached hydrogen (secondary N) is 3. The normalized spacial score (nSPS) is 19.3. The summed E-state index contributed by atoms with van der Waals surface area (Å²) in [6, 6.07) is 4.57. The number of amides is 2. The van der Waals surface area contributed by atoms with E-state index in [0.717, 1.165) is 44.5 Å². The predicted octanol–water partition coefficient (Wildman–Crippen LogP) is 2.65. The highest BCUT2D eigenvalue weighted by Gasteiger charge is 2.29. The summed E-state index contributed by atoms with van der Waals surface area (Å²) in [7, 11) is 0. The lowest BCUT2D eigenvalue weighted by molar-refractivity contribution is -0.137. The molecule has 1 saturated heterocycles. The highest BCUT2D eigenvalue weighted by atomic mass is 19.4. The van der Waals surface area contributed by atoms with E-state index in [-0.39, 0.29) is 18.6 Å². The van der Waals surface area contributed by atoms with Crippen molar-refractivity contribution in [3.05, 3.63) is 35.4 Å². The van der Waals surface area contributed by atoms with Crippen LogP contribution in [0.25, 0.3) is 0 Å². The van der Waals surface area contributed by atoms with Crippen molar-refractivity contribution in [2.75, 3.05) is 13.1 Å². The average molecular weight is 315 g/mol. The minimum absolute atomic E-state index is 0.0927. The average Bonchev–Trinajstić information content (AvgIpc) is 2.73. The maximum Gasteiger partial charge on any atom is 0.416 e. The molecule has 0 bridgehead atoms. The first kappa shape index (κ1) is 16.6. The van der Waals surface area contributed by atoms with Crippen LogP contribution in [-0.2, 0) is 12.7 Å². The maximum atomic E-state index is 12.4. The Hall–Kier alpha value is -1.76. The monoisotopic (exact) mass is 315 g/mol. The number of carbonyl (C=O) groups is 1. The molecule has 3 N–H and O–H groups in total. The standard InChI is InChI=1S/C15H20F3N3O/c16-15(17,18)12-6-4-11(5-7-12)9-20-14(22)21-13-3-1-2-8-19-10-13/h4-7,13,19H,1-3,8-10H2,(H2,20,21,22). The first-order chi connectivity index (χ1) is 10.4. The third-order valence-electron chi connectivity index (χ3n) is 3.62. The van der Waals surface area contributed by atoms with Gasteiger partial charge in [-0.1, -0.05) is 18.6 Å². The van der Waals surface area contributed by atoms with Crippen LogP contribution in [0.5, 0.6) is 0 Å². The van der Waals surface area contributed by atoms with Crippen molar-refractivity contribution in [1.29, 1.82) is 0 Å². The van der Waals surface area contributed by atoms with Crippen molar-refractivity contribution in [3.63, 3.8) is 0 Å². The zero-order valence-electron chi connectivity index (χ0n) is 12.2. The van der Waals surface area contributed by atoms with Crippen LogP contribution in [0.4, 0.5) is 18.0 Å². The van der Waals surface area contributed by atoms with E-state index in [1.54, 1.807) is 0 Å². The van der Waals surface area contributed by atoms with Gasteiger partial charge in [-0.2, -0.15) is 13.2 Å². The smallest absolute Gasteiger partial charge is 0.334 e. The number of alkyl halides is 3. The number of rotatable bonds is 3. The summed E-state index contributed by atoms with van der Waals surface area (Å²) in [5.41, 5.74) is -0.0626. The number of carbonyl (C=O) groups excluding carboxylic acids is 1. The second-order valence-electron chi connectivity index (χ2n) is 5.42. The molecule has 1 aliphatic heterocycles. The van der Waals surface area contributed by atoms with Crippen molar-refractivity contribution in [3.8, 4) is 0 Å². The Morgan fingerprint density at radius 3 is 2.64 bits per heavy atom. The van der Waals surface area contributed by atoms with Gasteiger partial charge in [-0.05, 0) is 37.1 Å². The van der Waals surface area contributed by atoms with Crippen LogP contribution in [0, 0.1) is 0 Å². The van der Waals surface area contributed by atoms with Gasteiger partial charge in [-0.25, -0.2) is 4.79 Å². The van der Waals surface area contributed by atoms with E-state index in [9.17, 15) is 18.0 Å². The van der Waals surface area contributed by atoms with Crippen LogP contribution in [0.3, 0.4) is 0 Å². The van der Waals surface area contributed by atoms with Crippen LogP contribution in [-0.4, -0.2) is 25.2 Å². The molecule has 122 valence electrons. The van der Waals surface area contributed by atoms with Crippen molar-refractivity contribution in [2.45, 2.75) is 38.0 Å². The number of benzene rings is 1. The maximum absolute atomic E-state index is 12.4. The molecule has 4 nitrogen and oxygen atoms in total. The van der Waals surface area contributed by atoms with Crippen molar-refractivity contribution < 1.29 is 18.0 Å². The van der Waals surface area contributed by atoms with Gasteiger partial charge in [0.2, 0.25) is 0 Å². The Morgan fingerprint density at radius 2 is 1.95 bits per heavy atom. The Morgan fingerprint density at radius 1 is 1.23 bits per heavy atom. The molecular weight excluding hydrogens is 295 g/mol. The summed E-state index contributed by atoms with van der Waals surface area (Å²) < 4.78 is 37.3. The molecule has 0 spiro atoms. The molecule has 1 unspecified atom stereocenters. The van der Waals surface area contributed by atoms with Gasteiger partial charge in [0.1, 0.15) is 0 Å². The summed E-state index contributed by atoms with van der Waals surface area (Å²) in [5, 5.41) is 8.79. The highest BCUT2D eigenvalue weighted by Crippen LogP contribution is 2.28. The summed E-state index contributed by atoms with van der Waals surface area (Å²) in [4.78, 5) is 11.8. The number of hydrogen-bond acceptors (Lipinski definition) is 2. The van der Waals surface area contributed by atoms with Crippen LogP contribution >= 0.6 is 0 Å². The highest BCUT2D eigenvalue weighted by molar-refractivity contribution is 5.74. The van der Waals surface area contributed by atoms with Gasteiger partial charge >= 0.3 is 12.2 Å². The summed E-state index contributed by atoms with van der Waals surface area (Å²) in [5.74, 6) is 0. The topological polar surface area (TPSA) is 53.2 Å². The fourth-order valence-corrected chi connectivity index (χ4v) is 2.37. The quantitative estimate of drug-likeness (QED) is 0.803. The molecule has 1 aliphatic rings. The van der Waals surface area contributed by atoms with Crippen LogP contribution < -0.4 is 16.0 Å². The molecule has 0 aliphatic carbocycles. The summed E-state index contributed by atoms with van der Waals surface area (Å²) in [6.45, 7) is 1.91. The van der Waals surface area contributed by atoms with Crippen molar-refractivity contribution in [2.24, 2.45) is 0 Å². The molecule has 2 amide bonds. The summed E-state index contributed by atoms with van der Waals surface area (Å²) >= 11 is 0. The Kier molecular flexibility index (Phi) is 5.65. The third kappa shape index (κ3) is 5.22. The Balaban J connectivity index is 1.78. The molecule has 1 fully saturated rings. The van der Waals surface area contributed by atoms with E-state index in [0.29, 0.717) is 5.56 Å². The van der Waals surface area contributed by atoms with Gasteiger partial charge < -0.3 is 16.0 Å². The van der Waals surface area contributed by atoms with E-state index >= 15 is 0 Å². The minimum atomic E-state index is -4.34. The molecule has 22 heavy (non-hydrogen) atoms. The Bertz CT molecular complexity index is 480. The minimum Gasteiger partial charge on any atom is -0.334 e. The lowest BCUT2D eigenvalue weighted by atomic mass is 10.1. The third-order valence-corrected chi connectivity index (χ3v) is 3.62. The lowest BCUT2D eigenvalue weighted by Gasteiger charge is -2.17. The molecule has 0 saturated carbocycles. The van der Waals surface area contributed by atoms with Crippen molar-refractivity contribution in [1.82, 2.24) is 16.0 Å². The Labute approximate surface area is 127 Å².